The van der Waals surface area contributed by atoms with Crippen LogP contribution in [-0.4, -0.2) is 76.6 Å². The van der Waals surface area contributed by atoms with E-state index in [9.17, 15) is 29.6 Å². The molecule has 0 bridgehead atoms. The van der Waals surface area contributed by atoms with Crippen molar-refractivity contribution >= 4 is 15.6 Å². The molecule has 14 heteroatoms. The molecule has 20 heavy (non-hydrogen) atoms. The van der Waals surface area contributed by atoms with Crippen LogP contribution in [0.5, 0.6) is 0 Å². The third-order valence-corrected chi connectivity index (χ3v) is 3.60. The van der Waals surface area contributed by atoms with Gasteiger partial charge in [-0.15, -0.1) is 0 Å². The lowest BCUT2D eigenvalue weighted by atomic mass is 9.85. The number of hydrogen-bond donors (Lipinski definition) is 8. The fourth-order valence-corrected chi connectivity index (χ4v) is 2.88. The van der Waals surface area contributed by atoms with Crippen molar-refractivity contribution in [2.24, 2.45) is 0 Å². The average Bonchev–Trinajstić information content (AvgIpc) is 2.25. The van der Waals surface area contributed by atoms with Gasteiger partial charge in [0.15, 0.2) is 0 Å². The third kappa shape index (κ3) is 4.53. The number of hydrogen-bond acceptors (Lipinski definition) is 8. The number of phosphoric ester groups is 2. The topological polar surface area (TPSA) is 214 Å². The van der Waals surface area contributed by atoms with Gasteiger partial charge in [0.2, 0.25) is 0 Å². The van der Waals surface area contributed by atoms with E-state index < -0.39 is 52.3 Å². The van der Waals surface area contributed by atoms with Gasteiger partial charge in [-0.3, -0.25) is 9.05 Å². The summed E-state index contributed by atoms with van der Waals surface area (Å²) in [5, 5.41) is 38.0. The van der Waals surface area contributed by atoms with Gasteiger partial charge in [-0.1, -0.05) is 0 Å². The second-order valence-electron chi connectivity index (χ2n) is 4.08. The first-order chi connectivity index (χ1) is 8.83. The van der Waals surface area contributed by atoms with Crippen LogP contribution in [0.3, 0.4) is 0 Å². The minimum absolute atomic E-state index is 2.12. The molecular weight excluding hydrogens is 326 g/mol. The third-order valence-electron chi connectivity index (χ3n) is 2.56. The van der Waals surface area contributed by atoms with Crippen LogP contribution in [0.2, 0.25) is 0 Å². The second kappa shape index (κ2) is 6.05. The van der Waals surface area contributed by atoms with Gasteiger partial charge in [0.05, 0.1) is 0 Å². The Morgan fingerprint density at radius 2 is 0.900 bits per heavy atom. The molecule has 0 spiro atoms. The maximum absolute atomic E-state index is 10.7. The average molecular weight is 340 g/mol. The van der Waals surface area contributed by atoms with Crippen LogP contribution in [0.4, 0.5) is 0 Å². The van der Waals surface area contributed by atoms with E-state index in [1.54, 1.807) is 0 Å². The minimum atomic E-state index is -5.20. The molecule has 1 aliphatic rings. The summed E-state index contributed by atoms with van der Waals surface area (Å²) in [6, 6.07) is 0. The van der Waals surface area contributed by atoms with Crippen LogP contribution in [0.25, 0.3) is 0 Å². The Bertz CT molecular complexity index is 390. The number of phosphoric acid groups is 2. The van der Waals surface area contributed by atoms with Crippen LogP contribution in [-0.2, 0) is 18.2 Å². The van der Waals surface area contributed by atoms with Crippen LogP contribution < -0.4 is 0 Å². The highest BCUT2D eigenvalue weighted by molar-refractivity contribution is 7.46. The van der Waals surface area contributed by atoms with Crippen molar-refractivity contribution in [3.05, 3.63) is 0 Å². The fourth-order valence-electron chi connectivity index (χ4n) is 1.75. The number of aliphatic hydroxyl groups is 4. The Labute approximate surface area is 111 Å². The molecule has 8 N–H and O–H groups in total. The Morgan fingerprint density at radius 1 is 0.600 bits per heavy atom. The largest absolute Gasteiger partial charge is 0.470 e. The van der Waals surface area contributed by atoms with Gasteiger partial charge in [-0.05, 0) is 0 Å². The first-order valence-electron chi connectivity index (χ1n) is 5.03. The fraction of sp³-hybridized carbons (Fsp3) is 1.00. The molecule has 0 saturated heterocycles. The monoisotopic (exact) mass is 340 g/mol. The smallest absolute Gasteiger partial charge is 0.387 e. The summed E-state index contributed by atoms with van der Waals surface area (Å²) in [7, 11) is -10.4. The van der Waals surface area contributed by atoms with Gasteiger partial charge in [0.1, 0.15) is 36.6 Å². The summed E-state index contributed by atoms with van der Waals surface area (Å²) < 4.78 is 29.4. The van der Waals surface area contributed by atoms with E-state index in [0.717, 1.165) is 0 Å². The van der Waals surface area contributed by atoms with E-state index >= 15 is 0 Å². The molecule has 0 aromatic rings. The van der Waals surface area contributed by atoms with Gasteiger partial charge in [0.25, 0.3) is 0 Å². The predicted molar refractivity (Wildman–Crippen MR) is 57.9 cm³/mol. The van der Waals surface area contributed by atoms with Crippen LogP contribution in [0.1, 0.15) is 0 Å². The highest BCUT2D eigenvalue weighted by Gasteiger charge is 2.53. The maximum atomic E-state index is 10.7. The van der Waals surface area contributed by atoms with E-state index in [-0.39, 0.29) is 0 Å². The minimum Gasteiger partial charge on any atom is -0.387 e. The molecule has 0 heterocycles. The van der Waals surface area contributed by atoms with Crippen molar-refractivity contribution in [2.75, 3.05) is 0 Å². The highest BCUT2D eigenvalue weighted by atomic mass is 31.2. The summed E-state index contributed by atoms with van der Waals surface area (Å²) in [6.45, 7) is 0. The standard InChI is InChI=1S/C6H14O12P2/c7-1-2(8)5(17-19(11,12)13)4(10)6(3(1)9)18-20(14,15)16/h1-10H,(H2,11,12,13)(H2,14,15,16)/t1-,2-,3+,4+,5+,6-. The summed E-state index contributed by atoms with van der Waals surface area (Å²) in [6.07, 6.45) is -12.8. The second-order valence-corrected chi connectivity index (χ2v) is 6.47. The quantitative estimate of drug-likeness (QED) is 0.233. The molecule has 0 unspecified atom stereocenters. The molecule has 6 atom stereocenters. The van der Waals surface area contributed by atoms with Crippen molar-refractivity contribution in [2.45, 2.75) is 36.6 Å². The Balaban J connectivity index is 3.02. The molecule has 0 aromatic carbocycles. The molecule has 0 aromatic heterocycles. The first kappa shape index (κ1) is 18.1. The number of rotatable bonds is 4. The van der Waals surface area contributed by atoms with Crippen molar-refractivity contribution < 1.29 is 58.2 Å². The molecule has 120 valence electrons. The van der Waals surface area contributed by atoms with Crippen molar-refractivity contribution in [3.8, 4) is 0 Å². The van der Waals surface area contributed by atoms with Gasteiger partial charge >= 0.3 is 15.6 Å². The normalized spacial score (nSPS) is 39.8. The Morgan fingerprint density at radius 3 is 1.15 bits per heavy atom. The first-order valence-corrected chi connectivity index (χ1v) is 8.10. The molecule has 12 nitrogen and oxygen atoms in total. The molecule has 1 aliphatic carbocycles. The zero-order chi connectivity index (χ0) is 15.9. The summed E-state index contributed by atoms with van der Waals surface area (Å²) in [4.78, 5) is 34.4. The van der Waals surface area contributed by atoms with Crippen LogP contribution >= 0.6 is 15.6 Å². The lowest BCUT2D eigenvalue weighted by molar-refractivity contribution is -0.215. The van der Waals surface area contributed by atoms with Crippen LogP contribution in [0, 0.1) is 0 Å². The lowest BCUT2D eigenvalue weighted by Crippen LogP contribution is -2.64. The lowest BCUT2D eigenvalue weighted by Gasteiger charge is -2.42. The van der Waals surface area contributed by atoms with Crippen molar-refractivity contribution in [1.82, 2.24) is 0 Å². The van der Waals surface area contributed by atoms with Crippen molar-refractivity contribution in [1.29, 1.82) is 0 Å². The van der Waals surface area contributed by atoms with E-state index in [1.807, 2.05) is 0 Å². The summed E-state index contributed by atoms with van der Waals surface area (Å²) >= 11 is 0. The summed E-state index contributed by atoms with van der Waals surface area (Å²) in [5.74, 6) is 0. The Hall–Kier alpha value is 0.0600. The predicted octanol–water partition coefficient (Wildman–Crippen LogP) is -3.60. The van der Waals surface area contributed by atoms with Crippen LogP contribution in [0.15, 0.2) is 0 Å². The van der Waals surface area contributed by atoms with E-state index in [1.165, 1.54) is 0 Å². The highest BCUT2D eigenvalue weighted by Crippen LogP contribution is 2.45. The molecular formula is C6H14O12P2. The molecule has 0 radical (unpaired) electrons. The molecule has 1 saturated carbocycles. The molecule has 0 amide bonds. The van der Waals surface area contributed by atoms with Crippen molar-refractivity contribution in [3.63, 3.8) is 0 Å². The van der Waals surface area contributed by atoms with Gasteiger partial charge in [0, 0.05) is 0 Å². The summed E-state index contributed by atoms with van der Waals surface area (Å²) in [5.41, 5.74) is 0. The molecule has 1 rings (SSSR count). The van der Waals surface area contributed by atoms with E-state index in [0.29, 0.717) is 0 Å². The van der Waals surface area contributed by atoms with Gasteiger partial charge in [-0.25, -0.2) is 9.13 Å². The maximum Gasteiger partial charge on any atom is 0.470 e. The molecule has 0 aliphatic heterocycles. The Kier molecular flexibility index (Phi) is 5.48. The van der Waals surface area contributed by atoms with E-state index in [2.05, 4.69) is 9.05 Å². The van der Waals surface area contributed by atoms with Gasteiger partial charge < -0.3 is 40.0 Å². The van der Waals surface area contributed by atoms with Gasteiger partial charge in [-0.2, -0.15) is 0 Å². The zero-order valence-corrected chi connectivity index (χ0v) is 11.4. The zero-order valence-electron chi connectivity index (χ0n) is 9.57. The SMILES string of the molecule is O=P(O)(O)O[C@@H]1[C@H](O)[C@H](OP(=O)(O)O)[C@@H](O)[C@H](O)[C@H]1O. The molecule has 1 fully saturated rings. The number of aliphatic hydroxyl groups excluding tert-OH is 4. The van der Waals surface area contributed by atoms with E-state index in [4.69, 9.17) is 19.6 Å².